The summed E-state index contributed by atoms with van der Waals surface area (Å²) in [6.07, 6.45) is -1.67. The quantitative estimate of drug-likeness (QED) is 0.927. The summed E-state index contributed by atoms with van der Waals surface area (Å²) in [4.78, 5) is 17.3. The van der Waals surface area contributed by atoms with E-state index in [0.29, 0.717) is 18.8 Å². The fraction of sp³-hybridized carbons (Fsp3) is 0.500. The normalized spacial score (nSPS) is 16.0. The number of carbonyl (C=O) groups excluding carboxylic acids is 1. The monoisotopic (exact) mass is 318 g/mol. The second kappa shape index (κ2) is 7.35. The van der Waals surface area contributed by atoms with Gasteiger partial charge in [-0.15, -0.1) is 0 Å². The van der Waals surface area contributed by atoms with Gasteiger partial charge in [-0.2, -0.15) is 13.2 Å². The zero-order valence-corrected chi connectivity index (χ0v) is 11.9. The fourth-order valence-electron chi connectivity index (χ4n) is 1.95. The molecule has 22 heavy (non-hydrogen) atoms. The van der Waals surface area contributed by atoms with Crippen LogP contribution in [0.25, 0.3) is 0 Å². The highest BCUT2D eigenvalue weighted by atomic mass is 19.4. The van der Waals surface area contributed by atoms with Crippen LogP contribution in [0.4, 0.5) is 23.7 Å². The maximum absolute atomic E-state index is 12.1. The van der Waals surface area contributed by atoms with Crippen LogP contribution in [0.5, 0.6) is 5.75 Å². The van der Waals surface area contributed by atoms with E-state index in [1.807, 2.05) is 0 Å². The number of ether oxygens (including phenoxy) is 1. The lowest BCUT2D eigenvalue weighted by Crippen LogP contribution is -2.35. The third-order valence-corrected chi connectivity index (χ3v) is 2.97. The highest BCUT2D eigenvalue weighted by Crippen LogP contribution is 2.21. The van der Waals surface area contributed by atoms with Gasteiger partial charge in [0, 0.05) is 11.8 Å². The molecule has 0 aliphatic carbocycles. The molecule has 5 nitrogen and oxygen atoms in total. The Bertz CT molecular complexity index is 500. The van der Waals surface area contributed by atoms with Gasteiger partial charge in [0.1, 0.15) is 5.75 Å². The van der Waals surface area contributed by atoms with Crippen LogP contribution >= 0.6 is 0 Å². The average molecular weight is 318 g/mol. The molecule has 2 amide bonds. The molecule has 0 saturated carbocycles. The van der Waals surface area contributed by atoms with Crippen molar-refractivity contribution >= 4 is 11.7 Å². The van der Waals surface area contributed by atoms with E-state index in [9.17, 15) is 18.0 Å². The summed E-state index contributed by atoms with van der Waals surface area (Å²) in [5, 5.41) is 3.81. The van der Waals surface area contributed by atoms with Crippen LogP contribution in [0.15, 0.2) is 24.3 Å². The van der Waals surface area contributed by atoms with Crippen LogP contribution in [0.2, 0.25) is 0 Å². The topological polar surface area (TPSA) is 50.8 Å². The first kappa shape index (κ1) is 16.4. The molecule has 1 aromatic rings. The minimum absolute atomic E-state index is 0.0342. The number of anilines is 1. The molecule has 0 spiro atoms. The minimum atomic E-state index is -4.40. The van der Waals surface area contributed by atoms with E-state index < -0.39 is 18.8 Å². The molecule has 0 atom stereocenters. The van der Waals surface area contributed by atoms with Gasteiger partial charge >= 0.3 is 12.2 Å². The highest BCUT2D eigenvalue weighted by molar-refractivity contribution is 5.88. The number of amides is 2. The van der Waals surface area contributed by atoms with Crippen molar-refractivity contribution in [1.82, 2.24) is 5.06 Å². The average Bonchev–Trinajstić information content (AvgIpc) is 2.74. The number of benzene rings is 1. The molecule has 0 radical (unpaired) electrons. The number of rotatable bonds is 3. The molecule has 0 unspecified atom stereocenters. The van der Waals surface area contributed by atoms with Gasteiger partial charge in [-0.1, -0.05) is 6.07 Å². The zero-order chi connectivity index (χ0) is 16.0. The summed E-state index contributed by atoms with van der Waals surface area (Å²) in [5.74, 6) is 0.0342. The van der Waals surface area contributed by atoms with Gasteiger partial charge in [0.2, 0.25) is 0 Å². The number of halogens is 3. The van der Waals surface area contributed by atoms with Crippen LogP contribution in [-0.4, -0.2) is 37.0 Å². The van der Waals surface area contributed by atoms with Crippen LogP contribution in [0.1, 0.15) is 19.3 Å². The van der Waals surface area contributed by atoms with E-state index in [2.05, 4.69) is 10.1 Å². The molecule has 1 saturated heterocycles. The standard InChI is InChI=1S/C14H17F3N2O3/c15-14(16,17)10-21-12-6-4-5-11(9-12)18-13(20)19-7-2-1-3-8-22-19/h4-6,9H,1-3,7-8,10H2,(H,18,20). The molecule has 1 N–H and O–H groups in total. The van der Waals surface area contributed by atoms with Crippen molar-refractivity contribution in [1.29, 1.82) is 0 Å². The second-order valence-electron chi connectivity index (χ2n) is 4.86. The molecule has 0 bridgehead atoms. The first-order valence-electron chi connectivity index (χ1n) is 6.95. The van der Waals surface area contributed by atoms with Crippen molar-refractivity contribution in [3.8, 4) is 5.75 Å². The van der Waals surface area contributed by atoms with Crippen molar-refractivity contribution in [2.75, 3.05) is 25.1 Å². The predicted octanol–water partition coefficient (Wildman–Crippen LogP) is 3.58. The largest absolute Gasteiger partial charge is 0.484 e. The Balaban J connectivity index is 1.93. The Morgan fingerprint density at radius 2 is 2.14 bits per heavy atom. The van der Waals surface area contributed by atoms with Gasteiger partial charge < -0.3 is 10.1 Å². The molecular weight excluding hydrogens is 301 g/mol. The number of carbonyl (C=O) groups is 1. The number of nitrogens with zero attached hydrogens (tertiary/aromatic N) is 1. The second-order valence-corrected chi connectivity index (χ2v) is 4.86. The summed E-state index contributed by atoms with van der Waals surface area (Å²) in [5.41, 5.74) is 0.345. The smallest absolute Gasteiger partial charge is 0.422 e. The molecule has 0 aromatic heterocycles. The molecule has 8 heteroatoms. The summed E-state index contributed by atoms with van der Waals surface area (Å²) < 4.78 is 41.0. The Labute approximate surface area is 125 Å². The van der Waals surface area contributed by atoms with Gasteiger partial charge in [-0.25, -0.2) is 9.86 Å². The van der Waals surface area contributed by atoms with Gasteiger partial charge in [-0.3, -0.25) is 4.84 Å². The van der Waals surface area contributed by atoms with Gasteiger partial charge in [0.25, 0.3) is 0 Å². The van der Waals surface area contributed by atoms with Gasteiger partial charge in [-0.05, 0) is 31.4 Å². The summed E-state index contributed by atoms with van der Waals surface area (Å²) in [6.45, 7) is -0.419. The highest BCUT2D eigenvalue weighted by Gasteiger charge is 2.28. The number of alkyl halides is 3. The maximum Gasteiger partial charge on any atom is 0.422 e. The molecule has 2 rings (SSSR count). The maximum atomic E-state index is 12.1. The first-order chi connectivity index (χ1) is 10.4. The molecule has 1 fully saturated rings. The number of hydroxylamine groups is 2. The van der Waals surface area contributed by atoms with E-state index in [1.165, 1.54) is 23.3 Å². The summed E-state index contributed by atoms with van der Waals surface area (Å²) in [7, 11) is 0. The number of urea groups is 1. The Hall–Kier alpha value is -1.96. The predicted molar refractivity (Wildman–Crippen MR) is 73.5 cm³/mol. The van der Waals surface area contributed by atoms with Crippen molar-refractivity contribution < 1.29 is 27.5 Å². The number of hydrogen-bond acceptors (Lipinski definition) is 3. The van der Waals surface area contributed by atoms with E-state index in [1.54, 1.807) is 6.07 Å². The molecular formula is C14H17F3N2O3. The van der Waals surface area contributed by atoms with Crippen molar-refractivity contribution in [3.05, 3.63) is 24.3 Å². The van der Waals surface area contributed by atoms with Crippen molar-refractivity contribution in [3.63, 3.8) is 0 Å². The molecule has 1 aromatic carbocycles. The van der Waals surface area contributed by atoms with E-state index in [-0.39, 0.29) is 5.75 Å². The lowest BCUT2D eigenvalue weighted by molar-refractivity contribution is -0.153. The fourth-order valence-corrected chi connectivity index (χ4v) is 1.95. The molecule has 122 valence electrons. The Morgan fingerprint density at radius 1 is 1.32 bits per heavy atom. The van der Waals surface area contributed by atoms with Gasteiger partial charge in [0.05, 0.1) is 13.2 Å². The Morgan fingerprint density at radius 3 is 2.91 bits per heavy atom. The number of nitrogens with one attached hydrogen (secondary N) is 1. The summed E-state index contributed by atoms with van der Waals surface area (Å²) >= 11 is 0. The van der Waals surface area contributed by atoms with Crippen LogP contribution < -0.4 is 10.1 Å². The van der Waals surface area contributed by atoms with E-state index in [0.717, 1.165) is 19.3 Å². The third kappa shape index (κ3) is 5.44. The van der Waals surface area contributed by atoms with Crippen molar-refractivity contribution in [2.45, 2.75) is 25.4 Å². The van der Waals surface area contributed by atoms with Crippen LogP contribution in [0.3, 0.4) is 0 Å². The van der Waals surface area contributed by atoms with Crippen molar-refractivity contribution in [2.24, 2.45) is 0 Å². The SMILES string of the molecule is O=C(Nc1cccc(OCC(F)(F)F)c1)N1CCCCCO1. The zero-order valence-electron chi connectivity index (χ0n) is 11.9. The molecule has 1 heterocycles. The molecule has 1 aliphatic rings. The summed E-state index contributed by atoms with van der Waals surface area (Å²) in [6, 6.07) is 5.35. The Kier molecular flexibility index (Phi) is 5.48. The molecule has 1 aliphatic heterocycles. The van der Waals surface area contributed by atoms with E-state index >= 15 is 0 Å². The van der Waals surface area contributed by atoms with Crippen LogP contribution in [-0.2, 0) is 4.84 Å². The number of hydrogen-bond donors (Lipinski definition) is 1. The minimum Gasteiger partial charge on any atom is -0.484 e. The van der Waals surface area contributed by atoms with E-state index in [4.69, 9.17) is 4.84 Å². The third-order valence-electron chi connectivity index (χ3n) is 2.97. The lowest BCUT2D eigenvalue weighted by Gasteiger charge is -2.20. The first-order valence-corrected chi connectivity index (χ1v) is 6.95. The van der Waals surface area contributed by atoms with Gasteiger partial charge in [0.15, 0.2) is 6.61 Å². The van der Waals surface area contributed by atoms with Crippen LogP contribution in [0, 0.1) is 0 Å². The lowest BCUT2D eigenvalue weighted by atomic mass is 10.2.